The number of ether oxygens (including phenoxy) is 3. The molecule has 10 nitrogen and oxygen atoms in total. The molecule has 0 unspecified atom stereocenters. The zero-order valence-corrected chi connectivity index (χ0v) is 22.9. The number of rotatable bonds is 5. The Morgan fingerprint density at radius 2 is 1.63 bits per heavy atom. The van der Waals surface area contributed by atoms with Crippen LogP contribution in [0.25, 0.3) is 11.4 Å². The van der Waals surface area contributed by atoms with E-state index in [1.165, 1.54) is 13.2 Å². The first kappa shape index (κ1) is 27.4. The van der Waals surface area contributed by atoms with E-state index in [0.29, 0.717) is 47.5 Å². The summed E-state index contributed by atoms with van der Waals surface area (Å²) in [5.74, 6) is 0.816. The highest BCUT2D eigenvalue weighted by atomic mass is 35.5. The Bertz CT molecular complexity index is 1300. The maximum absolute atomic E-state index is 12.3. The van der Waals surface area contributed by atoms with Crippen molar-refractivity contribution in [2.75, 3.05) is 38.2 Å². The zero-order chi connectivity index (χ0) is 27.4. The molecule has 3 aromatic rings. The highest BCUT2D eigenvalue weighted by Crippen LogP contribution is 2.29. The fourth-order valence-electron chi connectivity index (χ4n) is 3.68. The third kappa shape index (κ3) is 7.02. The molecule has 200 valence electrons. The quantitative estimate of drug-likeness (QED) is 0.375. The number of carbonyl (C=O) groups is 2. The van der Waals surface area contributed by atoms with E-state index >= 15 is 0 Å². The molecule has 0 spiro atoms. The van der Waals surface area contributed by atoms with Crippen LogP contribution in [0, 0.1) is 0 Å². The zero-order valence-electron chi connectivity index (χ0n) is 21.4. The van der Waals surface area contributed by atoms with Crippen molar-refractivity contribution in [2.24, 2.45) is 0 Å². The third-order valence-electron chi connectivity index (χ3n) is 5.42. The molecule has 4 rings (SSSR count). The molecule has 38 heavy (non-hydrogen) atoms. The molecule has 0 bridgehead atoms. The number of benzene rings is 1. The van der Waals surface area contributed by atoms with Gasteiger partial charge in [0.05, 0.1) is 13.3 Å². The molecule has 0 N–H and O–H groups in total. The maximum Gasteiger partial charge on any atom is 0.410 e. The van der Waals surface area contributed by atoms with Gasteiger partial charge in [-0.15, -0.1) is 0 Å². The largest absolute Gasteiger partial charge is 0.464 e. The monoisotopic (exact) mass is 559 g/mol. The van der Waals surface area contributed by atoms with E-state index in [0.717, 1.165) is 5.82 Å². The molecular formula is C26H27Cl2N5O5. The number of hydrogen-bond donors (Lipinski definition) is 0. The number of nitrogens with zero attached hydrogens (tertiary/aromatic N) is 5. The Kier molecular flexibility index (Phi) is 8.23. The van der Waals surface area contributed by atoms with E-state index in [4.69, 9.17) is 37.4 Å². The summed E-state index contributed by atoms with van der Waals surface area (Å²) in [6.45, 7) is 7.84. The molecule has 1 fully saturated rings. The molecule has 3 heterocycles. The van der Waals surface area contributed by atoms with Crippen molar-refractivity contribution >= 4 is 41.1 Å². The van der Waals surface area contributed by atoms with Crippen molar-refractivity contribution in [3.8, 4) is 23.0 Å². The second-order valence-corrected chi connectivity index (χ2v) is 10.3. The third-order valence-corrected chi connectivity index (χ3v) is 5.85. The lowest BCUT2D eigenvalue weighted by atomic mass is 10.2. The minimum absolute atomic E-state index is 0.0102. The second-order valence-electron chi connectivity index (χ2n) is 9.47. The van der Waals surface area contributed by atoms with Crippen LogP contribution in [0.2, 0.25) is 10.0 Å². The minimum Gasteiger partial charge on any atom is -0.464 e. The molecule has 0 radical (unpaired) electrons. The Morgan fingerprint density at radius 1 is 0.947 bits per heavy atom. The van der Waals surface area contributed by atoms with Gasteiger partial charge in [0.25, 0.3) is 0 Å². The molecule has 1 aliphatic rings. The number of amides is 1. The Balaban J connectivity index is 1.47. The molecule has 1 aromatic carbocycles. The van der Waals surface area contributed by atoms with Crippen molar-refractivity contribution in [2.45, 2.75) is 26.4 Å². The average molecular weight is 560 g/mol. The summed E-state index contributed by atoms with van der Waals surface area (Å²) in [4.78, 5) is 41.5. The van der Waals surface area contributed by atoms with E-state index < -0.39 is 11.6 Å². The van der Waals surface area contributed by atoms with Crippen molar-refractivity contribution < 1.29 is 23.8 Å². The molecule has 0 saturated carbocycles. The van der Waals surface area contributed by atoms with E-state index in [2.05, 4.69) is 19.9 Å². The van der Waals surface area contributed by atoms with Gasteiger partial charge in [0, 0.05) is 47.9 Å². The highest BCUT2D eigenvalue weighted by Gasteiger charge is 2.26. The fraction of sp³-hybridized carbons (Fsp3) is 0.346. The van der Waals surface area contributed by atoms with E-state index in [-0.39, 0.29) is 23.5 Å². The summed E-state index contributed by atoms with van der Waals surface area (Å²) in [6, 6.07) is 9.79. The smallest absolute Gasteiger partial charge is 0.410 e. The van der Waals surface area contributed by atoms with Crippen molar-refractivity contribution in [1.82, 2.24) is 19.9 Å². The number of hydrogen-bond acceptors (Lipinski definition) is 9. The molecule has 0 atom stereocenters. The number of aromatic nitrogens is 3. The lowest BCUT2D eigenvalue weighted by Crippen LogP contribution is -2.50. The minimum atomic E-state index is -0.648. The molecular weight excluding hydrogens is 533 g/mol. The van der Waals surface area contributed by atoms with E-state index in [9.17, 15) is 9.59 Å². The van der Waals surface area contributed by atoms with Gasteiger partial charge in [-0.05, 0) is 51.1 Å². The lowest BCUT2D eigenvalue weighted by Gasteiger charge is -2.36. The summed E-state index contributed by atoms with van der Waals surface area (Å²) in [6.07, 6.45) is 1.25. The van der Waals surface area contributed by atoms with Gasteiger partial charge in [0.15, 0.2) is 11.5 Å². The summed E-state index contributed by atoms with van der Waals surface area (Å²) < 4.78 is 16.2. The van der Waals surface area contributed by atoms with Gasteiger partial charge in [-0.3, -0.25) is 0 Å². The van der Waals surface area contributed by atoms with Crippen LogP contribution >= 0.6 is 23.2 Å². The molecule has 1 saturated heterocycles. The normalized spacial score (nSPS) is 13.7. The number of esters is 1. The van der Waals surface area contributed by atoms with Gasteiger partial charge >= 0.3 is 12.1 Å². The molecule has 2 aromatic heterocycles. The van der Waals surface area contributed by atoms with E-state index in [1.807, 2.05) is 26.8 Å². The first-order valence-corrected chi connectivity index (χ1v) is 12.6. The number of piperazine rings is 1. The summed E-state index contributed by atoms with van der Waals surface area (Å²) in [5.41, 5.74) is -0.0115. The molecule has 1 aliphatic heterocycles. The van der Waals surface area contributed by atoms with Crippen LogP contribution in [0.1, 0.15) is 31.3 Å². The van der Waals surface area contributed by atoms with Crippen molar-refractivity contribution in [3.63, 3.8) is 0 Å². The second kappa shape index (κ2) is 11.4. The first-order chi connectivity index (χ1) is 18.0. The van der Waals surface area contributed by atoms with Gasteiger partial charge in [0.1, 0.15) is 17.2 Å². The van der Waals surface area contributed by atoms with Crippen molar-refractivity contribution in [3.05, 3.63) is 58.3 Å². The van der Waals surface area contributed by atoms with Crippen LogP contribution in [0.15, 0.2) is 42.6 Å². The number of halogens is 2. The summed E-state index contributed by atoms with van der Waals surface area (Å²) in [7, 11) is 1.26. The predicted octanol–water partition coefficient (Wildman–Crippen LogP) is 5.48. The summed E-state index contributed by atoms with van der Waals surface area (Å²) in [5, 5.41) is 0.794. The Hall–Kier alpha value is -3.63. The lowest BCUT2D eigenvalue weighted by molar-refractivity contribution is 0.0240. The van der Waals surface area contributed by atoms with Crippen LogP contribution in [0.3, 0.4) is 0 Å². The van der Waals surface area contributed by atoms with Crippen LogP contribution in [-0.2, 0) is 9.47 Å². The van der Waals surface area contributed by atoms with Gasteiger partial charge in [-0.25, -0.2) is 19.6 Å². The highest BCUT2D eigenvalue weighted by molar-refractivity contribution is 6.35. The van der Waals surface area contributed by atoms with Gasteiger partial charge in [-0.2, -0.15) is 4.98 Å². The van der Waals surface area contributed by atoms with Crippen LogP contribution < -0.4 is 9.64 Å². The maximum atomic E-state index is 12.3. The molecule has 12 heteroatoms. The van der Waals surface area contributed by atoms with Crippen LogP contribution in [0.5, 0.6) is 11.6 Å². The fourth-order valence-corrected chi connectivity index (χ4v) is 4.21. The summed E-state index contributed by atoms with van der Waals surface area (Å²) >= 11 is 12.3. The van der Waals surface area contributed by atoms with Crippen LogP contribution in [0.4, 0.5) is 10.6 Å². The van der Waals surface area contributed by atoms with Gasteiger partial charge < -0.3 is 24.0 Å². The van der Waals surface area contributed by atoms with Crippen LogP contribution in [-0.4, -0.2) is 70.8 Å². The van der Waals surface area contributed by atoms with Crippen molar-refractivity contribution in [1.29, 1.82) is 0 Å². The molecule has 0 aliphatic carbocycles. The molecule has 1 amide bonds. The topological polar surface area (TPSA) is 107 Å². The number of anilines is 1. The predicted molar refractivity (Wildman–Crippen MR) is 143 cm³/mol. The average Bonchev–Trinajstić information content (AvgIpc) is 2.87. The number of pyridine rings is 1. The Morgan fingerprint density at radius 3 is 2.21 bits per heavy atom. The number of methoxy groups -OCH3 is 1. The van der Waals surface area contributed by atoms with E-state index in [1.54, 1.807) is 35.4 Å². The van der Waals surface area contributed by atoms with Gasteiger partial charge in [-0.1, -0.05) is 23.2 Å². The SMILES string of the molecule is COC(=O)c1cc(Oc2ccc(N3CCN(C(=O)OC(C)(C)C)CC3)nc2)nc(-c2cc(Cl)cc(Cl)c2)n1. The first-order valence-electron chi connectivity index (χ1n) is 11.8. The number of carbonyl (C=O) groups excluding carboxylic acids is 2. The standard InChI is InChI=1S/C26H27Cl2N5O5/c1-26(2,3)38-25(35)33-9-7-32(8-10-33)21-6-5-19(15-29-21)37-22-14-20(24(34)36-4)30-23(31-22)16-11-17(27)13-18(28)12-16/h5-6,11-15H,7-10H2,1-4H3. The van der Waals surface area contributed by atoms with Gasteiger partial charge in [0.2, 0.25) is 5.88 Å². The Labute approximate surface area is 230 Å².